The van der Waals surface area contributed by atoms with E-state index in [2.05, 4.69) is 5.32 Å². The molecule has 2 amide bonds. The number of halogens is 1. The van der Waals surface area contributed by atoms with Crippen molar-refractivity contribution in [2.24, 2.45) is 0 Å². The first-order valence-electron chi connectivity index (χ1n) is 10.9. The molecule has 0 bridgehead atoms. The molecule has 0 saturated carbocycles. The standard InChI is InChI=1S/C26H27ClN2O5/c1-31-24-10-8-22(14-25(24)32-2)28-26(30)29-11-12-34-23-9-5-19(13-20(23)15-29)17-33-16-18-3-6-21(27)7-4-18/h3-10,13-14H,11-12,15-17H2,1-2H3,(H,28,30). The van der Waals surface area contributed by atoms with Crippen molar-refractivity contribution >= 4 is 23.3 Å². The fourth-order valence-electron chi connectivity index (χ4n) is 3.69. The zero-order valence-corrected chi connectivity index (χ0v) is 19.9. The molecule has 1 N–H and O–H groups in total. The van der Waals surface area contributed by atoms with Crippen LogP contribution >= 0.6 is 11.6 Å². The van der Waals surface area contributed by atoms with Crippen LogP contribution in [0, 0.1) is 0 Å². The second-order valence-electron chi connectivity index (χ2n) is 7.83. The van der Waals surface area contributed by atoms with Crippen LogP contribution in [0.15, 0.2) is 60.7 Å². The molecule has 178 valence electrons. The van der Waals surface area contributed by atoms with E-state index in [1.54, 1.807) is 37.3 Å². The van der Waals surface area contributed by atoms with Crippen molar-refractivity contribution in [1.29, 1.82) is 0 Å². The van der Waals surface area contributed by atoms with Gasteiger partial charge in [-0.2, -0.15) is 0 Å². The summed E-state index contributed by atoms with van der Waals surface area (Å²) in [4.78, 5) is 14.7. The lowest BCUT2D eigenvalue weighted by Gasteiger charge is -2.21. The number of nitrogens with zero attached hydrogens (tertiary/aromatic N) is 1. The van der Waals surface area contributed by atoms with E-state index in [1.807, 2.05) is 42.5 Å². The van der Waals surface area contributed by atoms with Crippen molar-refractivity contribution in [2.45, 2.75) is 19.8 Å². The zero-order valence-electron chi connectivity index (χ0n) is 19.2. The fraction of sp³-hybridized carbons (Fsp3) is 0.269. The molecule has 0 atom stereocenters. The van der Waals surface area contributed by atoms with Crippen LogP contribution < -0.4 is 19.5 Å². The Labute approximate surface area is 204 Å². The Morgan fingerprint density at radius 2 is 1.71 bits per heavy atom. The summed E-state index contributed by atoms with van der Waals surface area (Å²) < 4.78 is 22.3. The van der Waals surface area contributed by atoms with Crippen LogP contribution in [-0.2, 0) is 24.5 Å². The number of amides is 2. The number of nitrogens with one attached hydrogen (secondary N) is 1. The van der Waals surface area contributed by atoms with Gasteiger partial charge in [-0.25, -0.2) is 4.79 Å². The van der Waals surface area contributed by atoms with Gasteiger partial charge in [0.25, 0.3) is 0 Å². The Kier molecular flexibility index (Phi) is 7.77. The maximum Gasteiger partial charge on any atom is 0.322 e. The van der Waals surface area contributed by atoms with Crippen LogP contribution in [-0.4, -0.2) is 38.3 Å². The third-order valence-electron chi connectivity index (χ3n) is 5.48. The average molecular weight is 483 g/mol. The number of ether oxygens (including phenoxy) is 4. The summed E-state index contributed by atoms with van der Waals surface area (Å²) >= 11 is 5.93. The maximum atomic E-state index is 13.0. The van der Waals surface area contributed by atoms with Crippen LogP contribution in [0.4, 0.5) is 10.5 Å². The van der Waals surface area contributed by atoms with Gasteiger partial charge in [0.05, 0.1) is 40.5 Å². The molecule has 0 spiro atoms. The van der Waals surface area contributed by atoms with E-state index < -0.39 is 0 Å². The highest BCUT2D eigenvalue weighted by Crippen LogP contribution is 2.30. The molecule has 34 heavy (non-hydrogen) atoms. The summed E-state index contributed by atoms with van der Waals surface area (Å²) in [5.41, 5.74) is 3.63. The molecule has 0 fully saturated rings. The normalized spacial score (nSPS) is 12.9. The Balaban J connectivity index is 1.39. The second kappa shape index (κ2) is 11.1. The quantitative estimate of drug-likeness (QED) is 0.481. The van der Waals surface area contributed by atoms with Crippen molar-refractivity contribution in [3.63, 3.8) is 0 Å². The molecule has 0 aliphatic carbocycles. The zero-order chi connectivity index (χ0) is 23.9. The minimum atomic E-state index is -0.215. The highest BCUT2D eigenvalue weighted by atomic mass is 35.5. The van der Waals surface area contributed by atoms with Gasteiger partial charge in [-0.05, 0) is 47.5 Å². The van der Waals surface area contributed by atoms with Gasteiger partial charge in [0.1, 0.15) is 12.4 Å². The molecule has 0 unspecified atom stereocenters. The first kappa shape index (κ1) is 23.7. The van der Waals surface area contributed by atoms with E-state index in [4.69, 9.17) is 30.5 Å². The molecule has 4 rings (SSSR count). The highest BCUT2D eigenvalue weighted by molar-refractivity contribution is 6.30. The maximum absolute atomic E-state index is 13.0. The van der Waals surface area contributed by atoms with Crippen molar-refractivity contribution in [3.8, 4) is 17.2 Å². The van der Waals surface area contributed by atoms with Gasteiger partial charge >= 0.3 is 6.03 Å². The van der Waals surface area contributed by atoms with Crippen molar-refractivity contribution in [1.82, 2.24) is 4.90 Å². The molecule has 1 aliphatic rings. The van der Waals surface area contributed by atoms with E-state index in [-0.39, 0.29) is 6.03 Å². The molecule has 8 heteroatoms. The van der Waals surface area contributed by atoms with Gasteiger partial charge < -0.3 is 29.2 Å². The number of carbonyl (C=O) groups excluding carboxylic acids is 1. The van der Waals surface area contributed by atoms with Crippen LogP contribution in [0.1, 0.15) is 16.7 Å². The van der Waals surface area contributed by atoms with E-state index in [1.165, 1.54) is 0 Å². The van der Waals surface area contributed by atoms with Gasteiger partial charge in [0.15, 0.2) is 11.5 Å². The lowest BCUT2D eigenvalue weighted by molar-refractivity contribution is 0.107. The average Bonchev–Trinajstić information content (AvgIpc) is 3.07. The van der Waals surface area contributed by atoms with Crippen molar-refractivity contribution < 1.29 is 23.7 Å². The number of urea groups is 1. The third-order valence-corrected chi connectivity index (χ3v) is 5.73. The number of methoxy groups -OCH3 is 2. The molecule has 0 saturated heterocycles. The fourth-order valence-corrected chi connectivity index (χ4v) is 3.82. The number of anilines is 1. The molecule has 7 nitrogen and oxygen atoms in total. The Hall–Kier alpha value is -3.42. The van der Waals surface area contributed by atoms with Gasteiger partial charge in [-0.3, -0.25) is 0 Å². The third kappa shape index (κ3) is 5.92. The van der Waals surface area contributed by atoms with Gasteiger partial charge in [-0.1, -0.05) is 29.8 Å². The number of carbonyl (C=O) groups is 1. The van der Waals surface area contributed by atoms with Gasteiger partial charge in [0, 0.05) is 22.3 Å². The largest absolute Gasteiger partial charge is 0.493 e. The number of fused-ring (bicyclic) bond motifs is 1. The first-order chi connectivity index (χ1) is 16.6. The molecule has 3 aromatic rings. The second-order valence-corrected chi connectivity index (χ2v) is 8.27. The monoisotopic (exact) mass is 482 g/mol. The summed E-state index contributed by atoms with van der Waals surface area (Å²) in [6.07, 6.45) is 0. The summed E-state index contributed by atoms with van der Waals surface area (Å²) in [7, 11) is 3.13. The van der Waals surface area contributed by atoms with E-state index >= 15 is 0 Å². The lowest BCUT2D eigenvalue weighted by Crippen LogP contribution is -2.36. The molecule has 3 aromatic carbocycles. The van der Waals surface area contributed by atoms with Crippen molar-refractivity contribution in [3.05, 3.63) is 82.4 Å². The Bertz CT molecular complexity index is 1140. The van der Waals surface area contributed by atoms with Gasteiger partial charge in [-0.15, -0.1) is 0 Å². The van der Waals surface area contributed by atoms with E-state index in [0.717, 1.165) is 22.4 Å². The van der Waals surface area contributed by atoms with Crippen LogP contribution in [0.25, 0.3) is 0 Å². The lowest BCUT2D eigenvalue weighted by atomic mass is 10.1. The smallest absolute Gasteiger partial charge is 0.322 e. The topological polar surface area (TPSA) is 69.3 Å². The van der Waals surface area contributed by atoms with Crippen LogP contribution in [0.5, 0.6) is 17.2 Å². The number of benzene rings is 3. The van der Waals surface area contributed by atoms with Crippen LogP contribution in [0.2, 0.25) is 5.02 Å². The molecule has 1 heterocycles. The van der Waals surface area contributed by atoms with Gasteiger partial charge in [0.2, 0.25) is 0 Å². The predicted octanol–water partition coefficient (Wildman–Crippen LogP) is 5.50. The van der Waals surface area contributed by atoms with Crippen molar-refractivity contribution in [2.75, 3.05) is 32.7 Å². The summed E-state index contributed by atoms with van der Waals surface area (Å²) in [6.45, 7) is 2.26. The highest BCUT2D eigenvalue weighted by Gasteiger charge is 2.21. The summed E-state index contributed by atoms with van der Waals surface area (Å²) in [6, 6.07) is 18.6. The molecule has 1 aliphatic heterocycles. The molecular weight excluding hydrogens is 456 g/mol. The number of hydrogen-bond acceptors (Lipinski definition) is 5. The molecular formula is C26H27ClN2O5. The number of rotatable bonds is 7. The Morgan fingerprint density at radius 3 is 2.47 bits per heavy atom. The van der Waals surface area contributed by atoms with E-state index in [0.29, 0.717) is 55.1 Å². The first-order valence-corrected chi connectivity index (χ1v) is 11.3. The predicted molar refractivity (Wildman–Crippen MR) is 131 cm³/mol. The SMILES string of the molecule is COc1ccc(NC(=O)N2CCOc3ccc(COCc4ccc(Cl)cc4)cc3C2)cc1OC. The minimum absolute atomic E-state index is 0.215. The summed E-state index contributed by atoms with van der Waals surface area (Å²) in [5, 5.41) is 3.63. The Morgan fingerprint density at radius 1 is 0.971 bits per heavy atom. The molecule has 0 radical (unpaired) electrons. The summed E-state index contributed by atoms with van der Waals surface area (Å²) in [5.74, 6) is 1.93. The van der Waals surface area contributed by atoms with E-state index in [9.17, 15) is 4.79 Å². The molecule has 0 aromatic heterocycles. The number of hydrogen-bond donors (Lipinski definition) is 1. The van der Waals surface area contributed by atoms with Crippen LogP contribution in [0.3, 0.4) is 0 Å². The minimum Gasteiger partial charge on any atom is -0.493 e.